The van der Waals surface area contributed by atoms with Gasteiger partial charge in [0.1, 0.15) is 0 Å². The molecule has 2 rings (SSSR count). The lowest BCUT2D eigenvalue weighted by Gasteiger charge is -2.02. The lowest BCUT2D eigenvalue weighted by Crippen LogP contribution is -1.85. The molecule has 66 valence electrons. The number of rotatable bonds is 1. The van der Waals surface area contributed by atoms with E-state index in [1.165, 1.54) is 5.56 Å². The Bertz CT molecular complexity index is 437. The van der Waals surface area contributed by atoms with Crippen LogP contribution in [0.3, 0.4) is 0 Å². The molecule has 13 heavy (non-hydrogen) atoms. The highest BCUT2D eigenvalue weighted by molar-refractivity contribution is 6.31. The number of halogens is 1. The van der Waals surface area contributed by atoms with Gasteiger partial charge in [0.25, 0.3) is 0 Å². The Labute approximate surface area is 82.4 Å². The molecule has 0 aliphatic heterocycles. The van der Waals surface area contributed by atoms with E-state index < -0.39 is 0 Å². The standard InChI is InChI=1S/C11H10ClN/c1-2-8-5-6-13-11-4-3-9(12)7-10(8)11/h3-7H,2H2,1H3. The fourth-order valence-electron chi connectivity index (χ4n) is 1.48. The van der Waals surface area contributed by atoms with Gasteiger partial charge in [0.15, 0.2) is 0 Å². The van der Waals surface area contributed by atoms with Crippen LogP contribution in [0.15, 0.2) is 30.5 Å². The smallest absolute Gasteiger partial charge is 0.0705 e. The third-order valence-electron chi connectivity index (χ3n) is 2.17. The molecule has 1 aromatic carbocycles. The third-order valence-corrected chi connectivity index (χ3v) is 2.41. The first-order valence-corrected chi connectivity index (χ1v) is 4.72. The van der Waals surface area contributed by atoms with E-state index in [2.05, 4.69) is 11.9 Å². The van der Waals surface area contributed by atoms with E-state index >= 15 is 0 Å². The summed E-state index contributed by atoms with van der Waals surface area (Å²) in [5.74, 6) is 0. The van der Waals surface area contributed by atoms with E-state index in [0.717, 1.165) is 22.3 Å². The molecule has 1 nitrogen and oxygen atoms in total. The summed E-state index contributed by atoms with van der Waals surface area (Å²) >= 11 is 5.92. The summed E-state index contributed by atoms with van der Waals surface area (Å²) in [5.41, 5.74) is 2.32. The number of pyridine rings is 1. The van der Waals surface area contributed by atoms with Crippen LogP contribution in [-0.2, 0) is 6.42 Å². The van der Waals surface area contributed by atoms with E-state index in [1.807, 2.05) is 30.5 Å². The quantitative estimate of drug-likeness (QED) is 0.673. The van der Waals surface area contributed by atoms with Crippen LogP contribution in [0.25, 0.3) is 10.9 Å². The maximum atomic E-state index is 5.92. The van der Waals surface area contributed by atoms with Crippen molar-refractivity contribution >= 4 is 22.5 Å². The van der Waals surface area contributed by atoms with Crippen LogP contribution >= 0.6 is 11.6 Å². The van der Waals surface area contributed by atoms with E-state index in [4.69, 9.17) is 11.6 Å². The van der Waals surface area contributed by atoms with E-state index in [0.29, 0.717) is 0 Å². The van der Waals surface area contributed by atoms with Gasteiger partial charge < -0.3 is 0 Å². The molecule has 0 bridgehead atoms. The highest BCUT2D eigenvalue weighted by atomic mass is 35.5. The molecular formula is C11H10ClN. The summed E-state index contributed by atoms with van der Waals surface area (Å²) in [6.45, 7) is 2.13. The zero-order valence-corrected chi connectivity index (χ0v) is 8.17. The molecule has 1 heterocycles. The van der Waals surface area contributed by atoms with Gasteiger partial charge in [-0.1, -0.05) is 18.5 Å². The van der Waals surface area contributed by atoms with Gasteiger partial charge in [-0.15, -0.1) is 0 Å². The van der Waals surface area contributed by atoms with Crippen LogP contribution < -0.4 is 0 Å². The molecule has 0 atom stereocenters. The van der Waals surface area contributed by atoms with Crippen molar-refractivity contribution in [3.05, 3.63) is 41.0 Å². The first kappa shape index (κ1) is 8.52. The van der Waals surface area contributed by atoms with Crippen molar-refractivity contribution in [1.82, 2.24) is 4.98 Å². The first-order chi connectivity index (χ1) is 6.31. The molecule has 1 aromatic heterocycles. The monoisotopic (exact) mass is 191 g/mol. The van der Waals surface area contributed by atoms with Crippen LogP contribution in [0.5, 0.6) is 0 Å². The van der Waals surface area contributed by atoms with Crippen molar-refractivity contribution in [3.63, 3.8) is 0 Å². The molecular weight excluding hydrogens is 182 g/mol. The van der Waals surface area contributed by atoms with E-state index in [1.54, 1.807) is 0 Å². The fourth-order valence-corrected chi connectivity index (χ4v) is 1.66. The molecule has 0 aliphatic carbocycles. The van der Waals surface area contributed by atoms with Gasteiger partial charge in [0.05, 0.1) is 5.52 Å². The SMILES string of the molecule is CCc1ccnc2ccc(Cl)cc12. The summed E-state index contributed by atoms with van der Waals surface area (Å²) in [7, 11) is 0. The number of aryl methyl sites for hydroxylation is 1. The minimum Gasteiger partial charge on any atom is -0.256 e. The van der Waals surface area contributed by atoms with Gasteiger partial charge in [0, 0.05) is 16.6 Å². The summed E-state index contributed by atoms with van der Waals surface area (Å²) in [6.07, 6.45) is 2.86. The maximum absolute atomic E-state index is 5.92. The molecule has 0 saturated heterocycles. The van der Waals surface area contributed by atoms with E-state index in [9.17, 15) is 0 Å². The number of hydrogen-bond acceptors (Lipinski definition) is 1. The second-order valence-electron chi connectivity index (χ2n) is 2.99. The molecule has 0 amide bonds. The summed E-state index contributed by atoms with van der Waals surface area (Å²) in [6, 6.07) is 7.84. The van der Waals surface area contributed by atoms with Gasteiger partial charge in [-0.2, -0.15) is 0 Å². The minimum absolute atomic E-state index is 0.773. The molecule has 0 spiro atoms. The largest absolute Gasteiger partial charge is 0.256 e. The molecule has 2 aromatic rings. The first-order valence-electron chi connectivity index (χ1n) is 4.34. The number of aromatic nitrogens is 1. The summed E-state index contributed by atoms with van der Waals surface area (Å²) in [5, 5.41) is 1.94. The normalized spacial score (nSPS) is 10.6. The average Bonchev–Trinajstić information content (AvgIpc) is 2.17. The topological polar surface area (TPSA) is 12.9 Å². The lowest BCUT2D eigenvalue weighted by molar-refractivity contribution is 1.15. The van der Waals surface area contributed by atoms with Crippen molar-refractivity contribution in [2.75, 3.05) is 0 Å². The van der Waals surface area contributed by atoms with Crippen LogP contribution in [-0.4, -0.2) is 4.98 Å². The zero-order chi connectivity index (χ0) is 9.26. The van der Waals surface area contributed by atoms with Gasteiger partial charge in [0.2, 0.25) is 0 Å². The highest BCUT2D eigenvalue weighted by Crippen LogP contribution is 2.21. The summed E-state index contributed by atoms with van der Waals surface area (Å²) < 4.78 is 0. The highest BCUT2D eigenvalue weighted by Gasteiger charge is 1.99. The fraction of sp³-hybridized carbons (Fsp3) is 0.182. The predicted molar refractivity (Wildman–Crippen MR) is 56.1 cm³/mol. The zero-order valence-electron chi connectivity index (χ0n) is 7.42. The van der Waals surface area contributed by atoms with Gasteiger partial charge in [-0.25, -0.2) is 0 Å². The Morgan fingerprint density at radius 3 is 2.92 bits per heavy atom. The van der Waals surface area contributed by atoms with Crippen LogP contribution in [0, 0.1) is 0 Å². The predicted octanol–water partition coefficient (Wildman–Crippen LogP) is 3.45. The molecule has 2 heteroatoms. The number of hydrogen-bond donors (Lipinski definition) is 0. The minimum atomic E-state index is 0.773. The van der Waals surface area contributed by atoms with Crippen molar-refractivity contribution in [1.29, 1.82) is 0 Å². The van der Waals surface area contributed by atoms with Crippen molar-refractivity contribution in [2.24, 2.45) is 0 Å². The van der Waals surface area contributed by atoms with Crippen molar-refractivity contribution in [2.45, 2.75) is 13.3 Å². The second kappa shape index (κ2) is 3.35. The van der Waals surface area contributed by atoms with Crippen molar-refractivity contribution in [3.8, 4) is 0 Å². The lowest BCUT2D eigenvalue weighted by atomic mass is 10.1. The number of nitrogens with zero attached hydrogens (tertiary/aromatic N) is 1. The van der Waals surface area contributed by atoms with E-state index in [-0.39, 0.29) is 0 Å². The Balaban J connectivity index is 2.79. The molecule has 0 saturated carbocycles. The number of benzene rings is 1. The molecule has 0 aliphatic rings. The molecule has 0 radical (unpaired) electrons. The number of fused-ring (bicyclic) bond motifs is 1. The average molecular weight is 192 g/mol. The Kier molecular flexibility index (Phi) is 2.19. The molecule has 0 unspecified atom stereocenters. The third kappa shape index (κ3) is 1.52. The summed E-state index contributed by atoms with van der Waals surface area (Å²) in [4.78, 5) is 4.27. The van der Waals surface area contributed by atoms with Gasteiger partial charge in [-0.05, 0) is 36.2 Å². The molecule has 0 N–H and O–H groups in total. The Morgan fingerprint density at radius 2 is 2.15 bits per heavy atom. The van der Waals surface area contributed by atoms with Gasteiger partial charge >= 0.3 is 0 Å². The Hall–Kier alpha value is -1.08. The van der Waals surface area contributed by atoms with Gasteiger partial charge in [-0.3, -0.25) is 4.98 Å². The molecule has 0 fully saturated rings. The van der Waals surface area contributed by atoms with Crippen LogP contribution in [0.4, 0.5) is 0 Å². The Morgan fingerprint density at radius 1 is 1.31 bits per heavy atom. The van der Waals surface area contributed by atoms with Crippen LogP contribution in [0.2, 0.25) is 5.02 Å². The second-order valence-corrected chi connectivity index (χ2v) is 3.42. The van der Waals surface area contributed by atoms with Crippen LogP contribution in [0.1, 0.15) is 12.5 Å². The maximum Gasteiger partial charge on any atom is 0.0705 e. The van der Waals surface area contributed by atoms with Crippen molar-refractivity contribution < 1.29 is 0 Å².